The van der Waals surface area contributed by atoms with Gasteiger partial charge in [0.2, 0.25) is 0 Å². The summed E-state index contributed by atoms with van der Waals surface area (Å²) in [6, 6.07) is 11.6. The van der Waals surface area contributed by atoms with Gasteiger partial charge in [-0.3, -0.25) is 14.0 Å². The minimum absolute atomic E-state index is 0.151. The number of benzene rings is 1. The third-order valence-corrected chi connectivity index (χ3v) is 6.31. The number of pyridine rings is 2. The molecule has 7 heteroatoms. The van der Waals surface area contributed by atoms with E-state index < -0.39 is 0 Å². The van der Waals surface area contributed by atoms with Crippen LogP contribution in [0.2, 0.25) is 5.02 Å². The van der Waals surface area contributed by atoms with E-state index in [-0.39, 0.29) is 18.0 Å². The molecule has 0 bridgehead atoms. The van der Waals surface area contributed by atoms with E-state index in [1.165, 1.54) is 0 Å². The Hall–Kier alpha value is -3.38. The van der Waals surface area contributed by atoms with Crippen LogP contribution in [0.4, 0.5) is 0 Å². The Kier molecular flexibility index (Phi) is 4.67. The van der Waals surface area contributed by atoms with Crippen molar-refractivity contribution in [3.05, 3.63) is 92.1 Å². The molecule has 0 radical (unpaired) electrons. The maximum atomic E-state index is 13.4. The first-order chi connectivity index (χ1) is 14.9. The SMILES string of the molecule is Cc1cc(C)c(CN2CCc3ccc(-c4cnc5ccccn45)c(Cl)c3C2=O)c(=O)[nH]1. The molecule has 4 heterocycles. The van der Waals surface area contributed by atoms with Crippen molar-refractivity contribution in [3.8, 4) is 11.3 Å². The Bertz CT molecular complexity index is 1400. The monoisotopic (exact) mass is 432 g/mol. The fraction of sp³-hybridized carbons (Fsp3) is 0.208. The molecule has 0 aliphatic carbocycles. The van der Waals surface area contributed by atoms with Crippen LogP contribution >= 0.6 is 11.6 Å². The van der Waals surface area contributed by atoms with E-state index in [2.05, 4.69) is 9.97 Å². The molecule has 1 N–H and O–H groups in total. The molecule has 1 aromatic carbocycles. The lowest BCUT2D eigenvalue weighted by molar-refractivity contribution is 0.0726. The Morgan fingerprint density at radius 3 is 2.81 bits per heavy atom. The summed E-state index contributed by atoms with van der Waals surface area (Å²) in [7, 11) is 0. The second kappa shape index (κ2) is 7.39. The van der Waals surface area contributed by atoms with Crippen molar-refractivity contribution >= 4 is 23.2 Å². The second-order valence-corrected chi connectivity index (χ2v) is 8.33. The van der Waals surface area contributed by atoms with E-state index in [1.54, 1.807) is 11.1 Å². The van der Waals surface area contributed by atoms with Crippen molar-refractivity contribution in [2.75, 3.05) is 6.54 Å². The highest BCUT2D eigenvalue weighted by atomic mass is 35.5. The van der Waals surface area contributed by atoms with Crippen LogP contribution in [0.15, 0.2) is 53.6 Å². The molecule has 3 aromatic heterocycles. The Balaban J connectivity index is 1.55. The summed E-state index contributed by atoms with van der Waals surface area (Å²) in [5, 5.41) is 0.424. The number of halogens is 1. The predicted molar refractivity (Wildman–Crippen MR) is 121 cm³/mol. The van der Waals surface area contributed by atoms with Gasteiger partial charge >= 0.3 is 0 Å². The molecule has 1 aliphatic heterocycles. The minimum Gasteiger partial charge on any atom is -0.334 e. The minimum atomic E-state index is -0.152. The predicted octanol–water partition coefficient (Wildman–Crippen LogP) is 4.16. The standard InChI is InChI=1S/C24H21ClN4O2/c1-14-11-15(2)27-23(30)18(14)13-28-10-8-16-6-7-17(22(25)21(16)24(28)31)19-12-26-20-5-3-4-9-29(19)20/h3-7,9,11-12H,8,10,13H2,1-2H3,(H,27,30). The number of nitrogens with one attached hydrogen (secondary N) is 1. The molecule has 5 rings (SSSR count). The van der Waals surface area contributed by atoms with Crippen molar-refractivity contribution in [2.24, 2.45) is 0 Å². The largest absolute Gasteiger partial charge is 0.334 e. The zero-order valence-corrected chi connectivity index (χ0v) is 18.0. The van der Waals surface area contributed by atoms with Crippen LogP contribution < -0.4 is 5.56 Å². The first-order valence-electron chi connectivity index (χ1n) is 10.2. The number of imidazole rings is 1. The molecule has 0 spiro atoms. The Morgan fingerprint density at radius 2 is 2.00 bits per heavy atom. The van der Waals surface area contributed by atoms with Gasteiger partial charge in [-0.2, -0.15) is 0 Å². The second-order valence-electron chi connectivity index (χ2n) is 7.95. The summed E-state index contributed by atoms with van der Waals surface area (Å²) >= 11 is 6.81. The Morgan fingerprint density at radius 1 is 1.16 bits per heavy atom. The number of carbonyl (C=O) groups excluding carboxylic acids is 1. The Labute approximate surface area is 184 Å². The first-order valence-corrected chi connectivity index (χ1v) is 10.5. The number of amides is 1. The molecule has 1 amide bonds. The maximum absolute atomic E-state index is 13.4. The number of aromatic nitrogens is 3. The van der Waals surface area contributed by atoms with Crippen LogP contribution in [0.1, 0.15) is 32.7 Å². The molecule has 6 nitrogen and oxygen atoms in total. The fourth-order valence-corrected chi connectivity index (χ4v) is 4.68. The van der Waals surface area contributed by atoms with Gasteiger partial charge in [0.15, 0.2) is 0 Å². The van der Waals surface area contributed by atoms with Gasteiger partial charge in [-0.15, -0.1) is 0 Å². The smallest absolute Gasteiger partial charge is 0.255 e. The summed E-state index contributed by atoms with van der Waals surface area (Å²) in [4.78, 5) is 34.9. The molecule has 0 unspecified atom stereocenters. The molecule has 0 atom stereocenters. The number of aromatic amines is 1. The molecular weight excluding hydrogens is 412 g/mol. The fourth-order valence-electron chi connectivity index (χ4n) is 4.32. The molecule has 0 saturated heterocycles. The van der Waals surface area contributed by atoms with Gasteiger partial charge in [0.05, 0.1) is 29.0 Å². The molecule has 0 saturated carbocycles. The van der Waals surface area contributed by atoms with Gasteiger partial charge in [0, 0.05) is 29.6 Å². The first kappa shape index (κ1) is 19.6. The van der Waals surface area contributed by atoms with E-state index in [4.69, 9.17) is 11.6 Å². The molecule has 156 valence electrons. The summed E-state index contributed by atoms with van der Waals surface area (Å²) < 4.78 is 1.95. The number of rotatable bonds is 3. The molecule has 0 fully saturated rings. The van der Waals surface area contributed by atoms with Gasteiger partial charge in [0.1, 0.15) is 5.65 Å². The number of hydrogen-bond donors (Lipinski definition) is 1. The number of aryl methyl sites for hydroxylation is 2. The van der Waals surface area contributed by atoms with Gasteiger partial charge in [-0.1, -0.05) is 29.8 Å². The third kappa shape index (κ3) is 3.24. The van der Waals surface area contributed by atoms with E-state index >= 15 is 0 Å². The lowest BCUT2D eigenvalue weighted by Crippen LogP contribution is -2.39. The van der Waals surface area contributed by atoms with Crippen molar-refractivity contribution < 1.29 is 4.79 Å². The van der Waals surface area contributed by atoms with Crippen LogP contribution in [-0.2, 0) is 13.0 Å². The highest BCUT2D eigenvalue weighted by molar-refractivity contribution is 6.36. The number of carbonyl (C=O) groups is 1. The third-order valence-electron chi connectivity index (χ3n) is 5.92. The van der Waals surface area contributed by atoms with Gasteiger partial charge < -0.3 is 9.88 Å². The number of hydrogen-bond acceptors (Lipinski definition) is 3. The van der Waals surface area contributed by atoms with Gasteiger partial charge in [-0.05, 0) is 49.6 Å². The van der Waals surface area contributed by atoms with Crippen molar-refractivity contribution in [1.82, 2.24) is 19.3 Å². The summed E-state index contributed by atoms with van der Waals surface area (Å²) in [6.45, 7) is 4.55. The molecule has 1 aliphatic rings. The van der Waals surface area contributed by atoms with Gasteiger partial charge in [0.25, 0.3) is 11.5 Å². The normalized spacial score (nSPS) is 13.6. The zero-order chi connectivity index (χ0) is 21.7. The number of nitrogens with zero attached hydrogens (tertiary/aromatic N) is 3. The van der Waals surface area contributed by atoms with Crippen LogP contribution in [0, 0.1) is 13.8 Å². The van der Waals surface area contributed by atoms with Crippen LogP contribution in [0.3, 0.4) is 0 Å². The van der Waals surface area contributed by atoms with Crippen molar-refractivity contribution in [1.29, 1.82) is 0 Å². The lowest BCUT2D eigenvalue weighted by atomic mass is 9.95. The van der Waals surface area contributed by atoms with Crippen molar-refractivity contribution in [2.45, 2.75) is 26.8 Å². The van der Waals surface area contributed by atoms with Crippen LogP contribution in [0.25, 0.3) is 16.9 Å². The highest BCUT2D eigenvalue weighted by Crippen LogP contribution is 2.36. The van der Waals surface area contributed by atoms with E-state index in [1.807, 2.05) is 60.8 Å². The summed E-state index contributed by atoms with van der Waals surface area (Å²) in [6.07, 6.45) is 4.38. The highest BCUT2D eigenvalue weighted by Gasteiger charge is 2.29. The summed E-state index contributed by atoms with van der Waals surface area (Å²) in [5.41, 5.74) is 5.99. The number of H-pyrrole nitrogens is 1. The molecule has 4 aromatic rings. The van der Waals surface area contributed by atoms with E-state index in [0.717, 1.165) is 33.7 Å². The average molecular weight is 433 g/mol. The zero-order valence-electron chi connectivity index (χ0n) is 17.3. The van der Waals surface area contributed by atoms with E-state index in [0.29, 0.717) is 29.1 Å². The lowest BCUT2D eigenvalue weighted by Gasteiger charge is -2.30. The van der Waals surface area contributed by atoms with E-state index in [9.17, 15) is 9.59 Å². The summed E-state index contributed by atoms with van der Waals surface area (Å²) in [5.74, 6) is -0.152. The van der Waals surface area contributed by atoms with Crippen LogP contribution in [-0.4, -0.2) is 31.7 Å². The molecule has 31 heavy (non-hydrogen) atoms. The van der Waals surface area contributed by atoms with Crippen LogP contribution in [0.5, 0.6) is 0 Å². The topological polar surface area (TPSA) is 70.5 Å². The average Bonchev–Trinajstić information content (AvgIpc) is 3.16. The quantitative estimate of drug-likeness (QED) is 0.528. The van der Waals surface area contributed by atoms with Gasteiger partial charge in [-0.25, -0.2) is 4.98 Å². The number of fused-ring (bicyclic) bond motifs is 2. The maximum Gasteiger partial charge on any atom is 0.255 e. The molecular formula is C24H21ClN4O2. The van der Waals surface area contributed by atoms with Crippen molar-refractivity contribution in [3.63, 3.8) is 0 Å².